The summed E-state index contributed by atoms with van der Waals surface area (Å²) in [4.78, 5) is 0. The Balaban J connectivity index is 1.98. The van der Waals surface area contributed by atoms with E-state index in [1.807, 2.05) is 0 Å². The second-order valence-electron chi connectivity index (χ2n) is 5.78. The van der Waals surface area contributed by atoms with Crippen molar-refractivity contribution in [1.29, 1.82) is 0 Å². The van der Waals surface area contributed by atoms with Gasteiger partial charge in [-0.25, -0.2) is 0 Å². The van der Waals surface area contributed by atoms with Crippen LogP contribution in [-0.2, 0) is 6.42 Å². The molecule has 0 amide bonds. The van der Waals surface area contributed by atoms with Crippen molar-refractivity contribution in [3.05, 3.63) is 29.3 Å². The van der Waals surface area contributed by atoms with E-state index in [9.17, 15) is 0 Å². The Morgan fingerprint density at radius 1 is 1.18 bits per heavy atom. The van der Waals surface area contributed by atoms with Gasteiger partial charge in [0.2, 0.25) is 0 Å². The summed E-state index contributed by atoms with van der Waals surface area (Å²) < 4.78 is 5.39. The zero-order valence-corrected chi connectivity index (χ0v) is 10.9. The van der Waals surface area contributed by atoms with Gasteiger partial charge in [-0.2, -0.15) is 0 Å². The molecule has 2 aliphatic carbocycles. The van der Waals surface area contributed by atoms with Crippen molar-refractivity contribution in [3.8, 4) is 5.75 Å². The maximum atomic E-state index is 5.39. The molecule has 1 aromatic rings. The van der Waals surface area contributed by atoms with Crippen LogP contribution in [0, 0.1) is 11.8 Å². The van der Waals surface area contributed by atoms with Crippen LogP contribution in [0.5, 0.6) is 5.75 Å². The van der Waals surface area contributed by atoms with E-state index in [1.165, 1.54) is 32.1 Å². The molecule has 3 rings (SSSR count). The maximum absolute atomic E-state index is 5.39. The van der Waals surface area contributed by atoms with Gasteiger partial charge in [-0.05, 0) is 60.3 Å². The summed E-state index contributed by atoms with van der Waals surface area (Å²) in [5, 5.41) is 0. The third-order valence-electron chi connectivity index (χ3n) is 4.92. The van der Waals surface area contributed by atoms with E-state index in [1.54, 1.807) is 18.2 Å². The molecule has 0 radical (unpaired) electrons. The van der Waals surface area contributed by atoms with Gasteiger partial charge in [0.15, 0.2) is 0 Å². The number of aryl methyl sites for hydroxylation is 1. The SMILES string of the molecule is COc1ccc2c(c1)C1CCC[C@H](C)C1CC2. The summed E-state index contributed by atoms with van der Waals surface area (Å²) in [6.45, 7) is 2.45. The molecule has 3 atom stereocenters. The highest BCUT2D eigenvalue weighted by Crippen LogP contribution is 2.48. The summed E-state index contributed by atoms with van der Waals surface area (Å²) in [5.41, 5.74) is 3.16. The van der Waals surface area contributed by atoms with Crippen LogP contribution in [0.2, 0.25) is 0 Å². The van der Waals surface area contributed by atoms with Crippen molar-refractivity contribution in [2.45, 2.75) is 44.9 Å². The highest BCUT2D eigenvalue weighted by atomic mass is 16.5. The van der Waals surface area contributed by atoms with Gasteiger partial charge in [-0.1, -0.05) is 25.8 Å². The molecule has 0 saturated heterocycles. The number of rotatable bonds is 1. The Kier molecular flexibility index (Phi) is 2.85. The number of benzene rings is 1. The Morgan fingerprint density at radius 2 is 2.06 bits per heavy atom. The molecular weight excluding hydrogens is 208 g/mol. The molecule has 0 bridgehead atoms. The fourth-order valence-electron chi connectivity index (χ4n) is 3.95. The first-order valence-electron chi connectivity index (χ1n) is 6.96. The zero-order chi connectivity index (χ0) is 11.8. The lowest BCUT2D eigenvalue weighted by atomic mass is 9.64. The molecule has 0 heterocycles. The lowest BCUT2D eigenvalue weighted by Gasteiger charge is -2.41. The summed E-state index contributed by atoms with van der Waals surface area (Å²) in [5.74, 6) is 3.66. The number of ether oxygens (including phenoxy) is 1. The van der Waals surface area contributed by atoms with E-state index in [0.29, 0.717) is 0 Å². The monoisotopic (exact) mass is 230 g/mol. The first-order valence-corrected chi connectivity index (χ1v) is 6.96. The van der Waals surface area contributed by atoms with Crippen molar-refractivity contribution >= 4 is 0 Å². The van der Waals surface area contributed by atoms with Crippen LogP contribution in [0.25, 0.3) is 0 Å². The van der Waals surface area contributed by atoms with Crippen LogP contribution in [0.15, 0.2) is 18.2 Å². The predicted molar refractivity (Wildman–Crippen MR) is 70.6 cm³/mol. The lowest BCUT2D eigenvalue weighted by Crippen LogP contribution is -2.29. The van der Waals surface area contributed by atoms with Crippen LogP contribution >= 0.6 is 0 Å². The molecule has 2 aliphatic rings. The Bertz CT molecular complexity index is 410. The second-order valence-corrected chi connectivity index (χ2v) is 5.78. The van der Waals surface area contributed by atoms with Crippen LogP contribution in [0.4, 0.5) is 0 Å². The average molecular weight is 230 g/mol. The summed E-state index contributed by atoms with van der Waals surface area (Å²) in [7, 11) is 1.77. The third kappa shape index (κ3) is 1.86. The lowest BCUT2D eigenvalue weighted by molar-refractivity contribution is 0.195. The summed E-state index contributed by atoms with van der Waals surface area (Å²) in [6.07, 6.45) is 6.88. The van der Waals surface area contributed by atoms with Crippen molar-refractivity contribution in [2.75, 3.05) is 7.11 Å². The first-order chi connectivity index (χ1) is 8.29. The number of hydrogen-bond donors (Lipinski definition) is 0. The molecule has 1 heteroatoms. The topological polar surface area (TPSA) is 9.23 Å². The maximum Gasteiger partial charge on any atom is 0.119 e. The van der Waals surface area contributed by atoms with E-state index < -0.39 is 0 Å². The standard InChI is InChI=1S/C16H22O/c1-11-4-3-5-15-14(11)9-7-12-6-8-13(17-2)10-16(12)15/h6,8,10-11,14-15H,3-5,7,9H2,1-2H3/t11-,14?,15?/m0/s1. The van der Waals surface area contributed by atoms with E-state index >= 15 is 0 Å². The van der Waals surface area contributed by atoms with Gasteiger partial charge < -0.3 is 4.74 Å². The predicted octanol–water partition coefficient (Wildman–Crippen LogP) is 4.16. The Hall–Kier alpha value is -0.980. The molecule has 0 spiro atoms. The summed E-state index contributed by atoms with van der Waals surface area (Å²) in [6, 6.07) is 6.69. The minimum atomic E-state index is 0.803. The molecule has 92 valence electrons. The highest BCUT2D eigenvalue weighted by molar-refractivity contribution is 5.40. The van der Waals surface area contributed by atoms with E-state index in [4.69, 9.17) is 4.74 Å². The normalized spacial score (nSPS) is 31.5. The average Bonchev–Trinajstić information content (AvgIpc) is 2.38. The van der Waals surface area contributed by atoms with Gasteiger partial charge in [0.1, 0.15) is 5.75 Å². The molecule has 0 aromatic heterocycles. The molecule has 1 saturated carbocycles. The molecule has 17 heavy (non-hydrogen) atoms. The first kappa shape index (κ1) is 11.1. The largest absolute Gasteiger partial charge is 0.497 e. The number of fused-ring (bicyclic) bond motifs is 3. The quantitative estimate of drug-likeness (QED) is 0.704. The van der Waals surface area contributed by atoms with Gasteiger partial charge in [0, 0.05) is 0 Å². The van der Waals surface area contributed by atoms with Gasteiger partial charge in [-0.15, -0.1) is 0 Å². The van der Waals surface area contributed by atoms with Gasteiger partial charge >= 0.3 is 0 Å². The number of methoxy groups -OCH3 is 1. The molecule has 1 nitrogen and oxygen atoms in total. The Labute approximate surface area is 104 Å². The van der Waals surface area contributed by atoms with Crippen LogP contribution in [0.3, 0.4) is 0 Å². The molecular formula is C16H22O. The van der Waals surface area contributed by atoms with E-state index in [0.717, 1.165) is 23.5 Å². The van der Waals surface area contributed by atoms with E-state index in [-0.39, 0.29) is 0 Å². The van der Waals surface area contributed by atoms with Gasteiger partial charge in [0.25, 0.3) is 0 Å². The van der Waals surface area contributed by atoms with Gasteiger partial charge in [-0.3, -0.25) is 0 Å². The Morgan fingerprint density at radius 3 is 2.88 bits per heavy atom. The fraction of sp³-hybridized carbons (Fsp3) is 0.625. The van der Waals surface area contributed by atoms with E-state index in [2.05, 4.69) is 25.1 Å². The third-order valence-corrected chi connectivity index (χ3v) is 4.92. The van der Waals surface area contributed by atoms with Crippen LogP contribution < -0.4 is 4.74 Å². The minimum absolute atomic E-state index is 0.803. The minimum Gasteiger partial charge on any atom is -0.497 e. The van der Waals surface area contributed by atoms with Crippen LogP contribution in [0.1, 0.15) is 49.7 Å². The fourth-order valence-corrected chi connectivity index (χ4v) is 3.95. The van der Waals surface area contributed by atoms with Crippen molar-refractivity contribution < 1.29 is 4.74 Å². The van der Waals surface area contributed by atoms with Crippen molar-refractivity contribution in [3.63, 3.8) is 0 Å². The van der Waals surface area contributed by atoms with Crippen LogP contribution in [-0.4, -0.2) is 7.11 Å². The summed E-state index contributed by atoms with van der Waals surface area (Å²) >= 11 is 0. The smallest absolute Gasteiger partial charge is 0.119 e. The zero-order valence-electron chi connectivity index (χ0n) is 10.9. The molecule has 1 fully saturated rings. The molecule has 2 unspecified atom stereocenters. The van der Waals surface area contributed by atoms with Crippen molar-refractivity contribution in [2.24, 2.45) is 11.8 Å². The number of hydrogen-bond acceptors (Lipinski definition) is 1. The molecule has 1 aromatic carbocycles. The molecule has 0 N–H and O–H groups in total. The molecule has 0 aliphatic heterocycles. The van der Waals surface area contributed by atoms with Crippen molar-refractivity contribution in [1.82, 2.24) is 0 Å². The van der Waals surface area contributed by atoms with Gasteiger partial charge in [0.05, 0.1) is 7.11 Å². The highest BCUT2D eigenvalue weighted by Gasteiger charge is 2.35. The second kappa shape index (κ2) is 4.36.